The zero-order chi connectivity index (χ0) is 19.2. The van der Waals surface area contributed by atoms with Gasteiger partial charge in [-0.25, -0.2) is 0 Å². The van der Waals surface area contributed by atoms with Crippen molar-refractivity contribution in [3.63, 3.8) is 0 Å². The first-order valence-corrected chi connectivity index (χ1v) is 9.10. The van der Waals surface area contributed by atoms with Gasteiger partial charge in [-0.05, 0) is 45.1 Å². The molecular formula is C20H32O5. The lowest BCUT2D eigenvalue weighted by Crippen LogP contribution is -2.47. The number of aliphatic hydroxyl groups is 1. The van der Waals surface area contributed by atoms with Crippen molar-refractivity contribution in [1.82, 2.24) is 0 Å². The molecule has 0 amide bonds. The molecule has 1 N–H and O–H groups in total. The molecule has 0 aromatic carbocycles. The third-order valence-corrected chi connectivity index (χ3v) is 5.26. The van der Waals surface area contributed by atoms with Crippen LogP contribution in [0.4, 0.5) is 0 Å². The molecule has 0 bridgehead atoms. The van der Waals surface area contributed by atoms with E-state index in [-0.39, 0.29) is 35.7 Å². The first kappa shape index (κ1) is 20.0. The first-order chi connectivity index (χ1) is 11.3. The summed E-state index contributed by atoms with van der Waals surface area (Å²) in [5.41, 5.74) is -1.37. The fraction of sp³-hybridized carbons (Fsp3) is 0.800. The summed E-state index contributed by atoms with van der Waals surface area (Å²) in [5.74, 6) is -0.518. The first-order valence-electron chi connectivity index (χ1n) is 9.10. The highest BCUT2D eigenvalue weighted by molar-refractivity contribution is 5.72. The predicted octanol–water partition coefficient (Wildman–Crippen LogP) is 3.39. The molecule has 1 saturated carbocycles. The van der Waals surface area contributed by atoms with E-state index in [0.29, 0.717) is 6.42 Å². The smallest absolute Gasteiger partial charge is 0.309 e. The Hall–Kier alpha value is -1.36. The van der Waals surface area contributed by atoms with Gasteiger partial charge >= 0.3 is 11.9 Å². The Kier molecular flexibility index (Phi) is 5.12. The minimum Gasteiger partial charge on any atom is -0.461 e. The van der Waals surface area contributed by atoms with Gasteiger partial charge in [-0.2, -0.15) is 0 Å². The molecule has 1 fully saturated rings. The molecule has 2 rings (SSSR count). The second-order valence-corrected chi connectivity index (χ2v) is 9.29. The highest BCUT2D eigenvalue weighted by atomic mass is 16.6. The van der Waals surface area contributed by atoms with Crippen LogP contribution in [0.25, 0.3) is 0 Å². The molecule has 4 atom stereocenters. The van der Waals surface area contributed by atoms with Gasteiger partial charge < -0.3 is 14.6 Å². The van der Waals surface area contributed by atoms with Crippen LogP contribution in [0.1, 0.15) is 67.7 Å². The lowest BCUT2D eigenvalue weighted by molar-refractivity contribution is -0.162. The Balaban J connectivity index is 2.30. The van der Waals surface area contributed by atoms with E-state index in [2.05, 4.69) is 6.92 Å². The third-order valence-electron chi connectivity index (χ3n) is 5.26. The summed E-state index contributed by atoms with van der Waals surface area (Å²) in [7, 11) is 0. The van der Waals surface area contributed by atoms with Crippen molar-refractivity contribution in [2.45, 2.75) is 85.0 Å². The normalized spacial score (nSPS) is 34.1. The van der Waals surface area contributed by atoms with Gasteiger partial charge in [0.1, 0.15) is 11.7 Å². The molecule has 0 aromatic heterocycles. The maximum absolute atomic E-state index is 12.3. The largest absolute Gasteiger partial charge is 0.461 e. The van der Waals surface area contributed by atoms with Gasteiger partial charge in [-0.15, -0.1) is 0 Å². The van der Waals surface area contributed by atoms with Gasteiger partial charge in [0, 0.05) is 18.3 Å². The van der Waals surface area contributed by atoms with Crippen LogP contribution >= 0.6 is 0 Å². The highest BCUT2D eigenvalue weighted by Crippen LogP contribution is 2.54. The van der Waals surface area contributed by atoms with Crippen LogP contribution in [0.5, 0.6) is 0 Å². The van der Waals surface area contributed by atoms with Crippen molar-refractivity contribution in [2.75, 3.05) is 0 Å². The Bertz CT molecular complexity index is 583. The highest BCUT2D eigenvalue weighted by Gasteiger charge is 2.55. The molecule has 25 heavy (non-hydrogen) atoms. The Morgan fingerprint density at radius 3 is 2.44 bits per heavy atom. The van der Waals surface area contributed by atoms with Crippen molar-refractivity contribution in [3.8, 4) is 0 Å². The van der Waals surface area contributed by atoms with Crippen molar-refractivity contribution in [1.29, 1.82) is 0 Å². The van der Waals surface area contributed by atoms with E-state index < -0.39 is 17.2 Å². The molecule has 0 unspecified atom stereocenters. The molecule has 2 aliphatic carbocycles. The zero-order valence-corrected chi connectivity index (χ0v) is 16.5. The monoisotopic (exact) mass is 352 g/mol. The summed E-state index contributed by atoms with van der Waals surface area (Å²) < 4.78 is 11.0. The summed E-state index contributed by atoms with van der Waals surface area (Å²) >= 11 is 0. The topological polar surface area (TPSA) is 72.8 Å². The van der Waals surface area contributed by atoms with Gasteiger partial charge in [0.05, 0.1) is 12.0 Å². The number of esters is 2. The molecule has 0 aliphatic heterocycles. The van der Waals surface area contributed by atoms with Gasteiger partial charge in [0.2, 0.25) is 0 Å². The van der Waals surface area contributed by atoms with Crippen LogP contribution in [0, 0.1) is 17.3 Å². The fourth-order valence-corrected chi connectivity index (χ4v) is 4.26. The predicted molar refractivity (Wildman–Crippen MR) is 94.7 cm³/mol. The Labute approximate surface area is 150 Å². The van der Waals surface area contributed by atoms with Crippen LogP contribution in [0.3, 0.4) is 0 Å². The minimum atomic E-state index is -1.23. The molecule has 0 heterocycles. The van der Waals surface area contributed by atoms with E-state index in [1.165, 1.54) is 6.92 Å². The standard InChI is InChI=1S/C20H32O5/c1-12-8-9-20(23,11-15(22)25-18(3,4)5)14-10-19(6,7)17(16(12)14)24-13(2)21/h10,12,16-17,23H,8-9,11H2,1-7H3/t12-,16+,17+,20+/m1/s1. The molecule has 5 heteroatoms. The molecule has 2 aliphatic rings. The molecular weight excluding hydrogens is 320 g/mol. The molecule has 0 radical (unpaired) electrons. The minimum absolute atomic E-state index is 0.0673. The molecule has 5 nitrogen and oxygen atoms in total. The van der Waals surface area contributed by atoms with Crippen molar-refractivity contribution < 1.29 is 24.2 Å². The lowest BCUT2D eigenvalue weighted by atomic mass is 9.67. The van der Waals surface area contributed by atoms with Crippen LogP contribution in [-0.4, -0.2) is 34.4 Å². The number of hydrogen-bond donors (Lipinski definition) is 1. The number of rotatable bonds is 3. The van der Waals surface area contributed by atoms with Crippen LogP contribution in [0.2, 0.25) is 0 Å². The summed E-state index contributed by atoms with van der Waals surface area (Å²) in [5, 5.41) is 11.3. The van der Waals surface area contributed by atoms with E-state index >= 15 is 0 Å². The number of fused-ring (bicyclic) bond motifs is 1. The van der Waals surface area contributed by atoms with Crippen LogP contribution < -0.4 is 0 Å². The maximum atomic E-state index is 12.3. The summed E-state index contributed by atoms with van der Waals surface area (Å²) in [6.45, 7) is 13.0. The fourth-order valence-electron chi connectivity index (χ4n) is 4.26. The average Bonchev–Trinajstić information content (AvgIpc) is 2.65. The number of ether oxygens (including phenoxy) is 2. The molecule has 0 spiro atoms. The maximum Gasteiger partial charge on any atom is 0.309 e. The molecule has 0 aromatic rings. The second-order valence-electron chi connectivity index (χ2n) is 9.29. The number of carbonyl (C=O) groups excluding carboxylic acids is 2. The summed E-state index contributed by atoms with van der Waals surface area (Å²) in [6, 6.07) is 0. The summed E-state index contributed by atoms with van der Waals surface area (Å²) in [4.78, 5) is 23.9. The number of hydrogen-bond acceptors (Lipinski definition) is 5. The van der Waals surface area contributed by atoms with E-state index in [0.717, 1.165) is 12.0 Å². The van der Waals surface area contributed by atoms with E-state index in [1.54, 1.807) is 0 Å². The quantitative estimate of drug-likeness (QED) is 0.622. The lowest BCUT2D eigenvalue weighted by Gasteiger charge is -2.43. The number of carbonyl (C=O) groups is 2. The summed E-state index contributed by atoms with van der Waals surface area (Å²) in [6.07, 6.45) is 2.90. The van der Waals surface area contributed by atoms with E-state index in [1.807, 2.05) is 40.7 Å². The SMILES string of the molecule is CC(=O)O[C@H]1[C@@H]2C(=CC1(C)C)[C@@](O)(CC(=O)OC(C)(C)C)CC[C@H]2C. The van der Waals surface area contributed by atoms with Gasteiger partial charge in [-0.1, -0.05) is 26.8 Å². The van der Waals surface area contributed by atoms with Gasteiger partial charge in [0.25, 0.3) is 0 Å². The zero-order valence-electron chi connectivity index (χ0n) is 16.5. The Morgan fingerprint density at radius 2 is 1.92 bits per heavy atom. The van der Waals surface area contributed by atoms with Gasteiger partial charge in [0.15, 0.2) is 0 Å². The van der Waals surface area contributed by atoms with E-state index in [4.69, 9.17) is 9.47 Å². The Morgan fingerprint density at radius 1 is 1.32 bits per heavy atom. The second kappa shape index (κ2) is 6.42. The van der Waals surface area contributed by atoms with Crippen LogP contribution in [-0.2, 0) is 19.1 Å². The average molecular weight is 352 g/mol. The molecule has 142 valence electrons. The third kappa shape index (κ3) is 4.25. The van der Waals surface area contributed by atoms with Crippen molar-refractivity contribution >= 4 is 11.9 Å². The van der Waals surface area contributed by atoms with E-state index in [9.17, 15) is 14.7 Å². The van der Waals surface area contributed by atoms with Gasteiger partial charge in [-0.3, -0.25) is 9.59 Å². The molecule has 0 saturated heterocycles. The van der Waals surface area contributed by atoms with Crippen LogP contribution in [0.15, 0.2) is 11.6 Å². The van der Waals surface area contributed by atoms with Crippen molar-refractivity contribution in [2.24, 2.45) is 17.3 Å². The van der Waals surface area contributed by atoms with Crippen molar-refractivity contribution in [3.05, 3.63) is 11.6 Å².